The fourth-order valence-corrected chi connectivity index (χ4v) is 5.48. The topological polar surface area (TPSA) is 48.0 Å². The smallest absolute Gasteiger partial charge is 0.147 e. The number of benzene rings is 3. The third-order valence-corrected chi connectivity index (χ3v) is 6.82. The van der Waals surface area contributed by atoms with Gasteiger partial charge < -0.3 is 4.57 Å². The molecule has 0 atom stereocenters. The molecule has 0 saturated carbocycles. The van der Waals surface area contributed by atoms with Gasteiger partial charge in [-0.2, -0.15) is 0 Å². The second-order valence-electron chi connectivity index (χ2n) is 8.58. The molecule has 3 aromatic carbocycles. The number of imidazole rings is 1. The maximum Gasteiger partial charge on any atom is 0.147 e. The van der Waals surface area contributed by atoms with Crippen LogP contribution in [0.1, 0.15) is 0 Å². The number of hydrogen-bond donors (Lipinski definition) is 0. The maximum absolute atomic E-state index is 5.00. The zero-order valence-corrected chi connectivity index (χ0v) is 18.1. The Labute approximate surface area is 193 Å². The Morgan fingerprint density at radius 3 is 2.32 bits per heavy atom. The fraction of sp³-hybridized carbons (Fsp3) is 0. The summed E-state index contributed by atoms with van der Waals surface area (Å²) in [4.78, 5) is 14.1. The van der Waals surface area contributed by atoms with Gasteiger partial charge in [-0.05, 0) is 48.5 Å². The highest BCUT2D eigenvalue weighted by Crippen LogP contribution is 2.41. The van der Waals surface area contributed by atoms with Gasteiger partial charge in [0, 0.05) is 45.0 Å². The summed E-state index contributed by atoms with van der Waals surface area (Å²) in [6, 6.07) is 29.8. The van der Waals surface area contributed by atoms with Crippen molar-refractivity contribution in [3.05, 3.63) is 104 Å². The Bertz CT molecular complexity index is 2070. The van der Waals surface area contributed by atoms with E-state index in [4.69, 9.17) is 9.97 Å². The van der Waals surface area contributed by atoms with Crippen molar-refractivity contribution in [3.63, 3.8) is 0 Å². The summed E-state index contributed by atoms with van der Waals surface area (Å²) in [6.07, 6.45) is 5.49. The maximum atomic E-state index is 5.00. The van der Waals surface area contributed by atoms with Crippen LogP contribution in [-0.4, -0.2) is 23.9 Å². The van der Waals surface area contributed by atoms with E-state index in [1.54, 1.807) is 0 Å². The molecule has 0 bridgehead atoms. The Balaban J connectivity index is 1.70. The third-order valence-electron chi connectivity index (χ3n) is 6.82. The van der Waals surface area contributed by atoms with Crippen molar-refractivity contribution < 1.29 is 0 Å². The summed E-state index contributed by atoms with van der Waals surface area (Å²) in [5.41, 5.74) is 7.20. The molecule has 158 valence electrons. The Hall–Kier alpha value is -4.77. The first kappa shape index (κ1) is 17.7. The Kier molecular flexibility index (Phi) is 3.34. The second kappa shape index (κ2) is 6.39. The van der Waals surface area contributed by atoms with E-state index < -0.39 is 0 Å². The van der Waals surface area contributed by atoms with Crippen LogP contribution >= 0.6 is 0 Å². The van der Waals surface area contributed by atoms with E-state index in [1.807, 2.05) is 30.7 Å². The van der Waals surface area contributed by atoms with Gasteiger partial charge in [-0.3, -0.25) is 9.38 Å². The minimum Gasteiger partial charge on any atom is -0.309 e. The van der Waals surface area contributed by atoms with Crippen molar-refractivity contribution in [2.24, 2.45) is 0 Å². The molecule has 5 heterocycles. The van der Waals surface area contributed by atoms with Crippen molar-refractivity contribution in [1.29, 1.82) is 0 Å². The number of nitrogens with zero attached hydrogens (tertiary/aromatic N) is 5. The number of aromatic nitrogens is 5. The van der Waals surface area contributed by atoms with Gasteiger partial charge >= 0.3 is 0 Å². The normalized spacial score (nSPS) is 12.1. The van der Waals surface area contributed by atoms with Gasteiger partial charge in [0.05, 0.1) is 22.7 Å². The molecule has 0 saturated heterocycles. The van der Waals surface area contributed by atoms with Crippen LogP contribution in [0.5, 0.6) is 0 Å². The lowest BCUT2D eigenvalue weighted by Crippen LogP contribution is -1.95. The number of pyridine rings is 3. The van der Waals surface area contributed by atoms with Gasteiger partial charge in [0.1, 0.15) is 16.8 Å². The molecule has 5 aromatic heterocycles. The molecular formula is C29H17N5. The van der Waals surface area contributed by atoms with Crippen LogP contribution in [0.25, 0.3) is 66.0 Å². The average Bonchev–Trinajstić information content (AvgIpc) is 3.45. The lowest BCUT2D eigenvalue weighted by Gasteiger charge is -2.11. The second-order valence-corrected chi connectivity index (χ2v) is 8.58. The van der Waals surface area contributed by atoms with Gasteiger partial charge in [0.25, 0.3) is 0 Å². The minimum absolute atomic E-state index is 0.869. The van der Waals surface area contributed by atoms with Crippen LogP contribution in [0, 0.1) is 0 Å². The summed E-state index contributed by atoms with van der Waals surface area (Å²) in [6.45, 7) is 0. The first-order valence-corrected chi connectivity index (χ1v) is 11.3. The molecule has 0 fully saturated rings. The highest BCUT2D eigenvalue weighted by atomic mass is 15.1. The number of fused-ring (bicyclic) bond motifs is 12. The van der Waals surface area contributed by atoms with Gasteiger partial charge in [0.15, 0.2) is 0 Å². The summed E-state index contributed by atoms with van der Waals surface area (Å²) in [5, 5.41) is 5.85. The van der Waals surface area contributed by atoms with E-state index in [2.05, 4.69) is 86.7 Å². The predicted octanol–water partition coefficient (Wildman–Crippen LogP) is 6.68. The SMILES string of the molecule is c1ccc(-n2c3ccccc3c3c4c5cccnc5n5c6ccncc6nc5c4ccc32)cc1. The minimum atomic E-state index is 0.869. The molecule has 8 aromatic rings. The highest BCUT2D eigenvalue weighted by molar-refractivity contribution is 6.30. The number of hydrogen-bond acceptors (Lipinski definition) is 3. The summed E-state index contributed by atoms with van der Waals surface area (Å²) in [7, 11) is 0. The first-order chi connectivity index (χ1) is 16.9. The van der Waals surface area contributed by atoms with Crippen molar-refractivity contribution in [1.82, 2.24) is 23.9 Å². The van der Waals surface area contributed by atoms with Crippen LogP contribution in [-0.2, 0) is 0 Å². The van der Waals surface area contributed by atoms with E-state index in [0.29, 0.717) is 0 Å². The molecule has 8 rings (SSSR count). The standard InChI is InChI=1S/C29H17N5/c1-2-7-18(8-3-1)33-23-11-5-4-9-19(23)27-25(33)13-12-21-26(27)20-10-6-15-31-28(20)34-24-14-16-30-17-22(24)32-29(21)34/h1-17H. The van der Waals surface area contributed by atoms with Crippen LogP contribution in [0.4, 0.5) is 0 Å². The molecule has 5 heteroatoms. The highest BCUT2D eigenvalue weighted by Gasteiger charge is 2.20. The Morgan fingerprint density at radius 1 is 0.559 bits per heavy atom. The van der Waals surface area contributed by atoms with E-state index in [0.717, 1.165) is 38.8 Å². The fourth-order valence-electron chi connectivity index (χ4n) is 5.48. The average molecular weight is 435 g/mol. The molecular weight excluding hydrogens is 418 g/mol. The zero-order valence-electron chi connectivity index (χ0n) is 18.1. The molecule has 0 spiro atoms. The van der Waals surface area contributed by atoms with E-state index in [-0.39, 0.29) is 0 Å². The van der Waals surface area contributed by atoms with Crippen molar-refractivity contribution in [3.8, 4) is 5.69 Å². The zero-order chi connectivity index (χ0) is 22.2. The number of para-hydroxylation sites is 2. The first-order valence-electron chi connectivity index (χ1n) is 11.3. The van der Waals surface area contributed by atoms with Crippen molar-refractivity contribution in [2.45, 2.75) is 0 Å². The van der Waals surface area contributed by atoms with E-state index in [1.165, 1.54) is 27.2 Å². The Morgan fingerprint density at radius 2 is 1.38 bits per heavy atom. The summed E-state index contributed by atoms with van der Waals surface area (Å²) < 4.78 is 4.51. The van der Waals surface area contributed by atoms with Gasteiger partial charge in [-0.15, -0.1) is 0 Å². The lowest BCUT2D eigenvalue weighted by molar-refractivity contribution is 1.18. The molecule has 0 aliphatic heterocycles. The van der Waals surface area contributed by atoms with Crippen LogP contribution < -0.4 is 0 Å². The van der Waals surface area contributed by atoms with Gasteiger partial charge in [-0.25, -0.2) is 9.97 Å². The van der Waals surface area contributed by atoms with Gasteiger partial charge in [0.2, 0.25) is 0 Å². The number of rotatable bonds is 1. The quantitative estimate of drug-likeness (QED) is 0.270. The predicted molar refractivity (Wildman–Crippen MR) is 138 cm³/mol. The van der Waals surface area contributed by atoms with Crippen molar-refractivity contribution >= 4 is 60.3 Å². The molecule has 0 unspecified atom stereocenters. The monoisotopic (exact) mass is 435 g/mol. The molecule has 5 nitrogen and oxygen atoms in total. The van der Waals surface area contributed by atoms with Crippen LogP contribution in [0.15, 0.2) is 104 Å². The van der Waals surface area contributed by atoms with Crippen molar-refractivity contribution in [2.75, 3.05) is 0 Å². The molecule has 34 heavy (non-hydrogen) atoms. The lowest BCUT2D eigenvalue weighted by atomic mass is 10.0. The molecule has 0 amide bonds. The summed E-state index contributed by atoms with van der Waals surface area (Å²) in [5.74, 6) is 0. The molecule has 0 aliphatic rings. The van der Waals surface area contributed by atoms with E-state index >= 15 is 0 Å². The van der Waals surface area contributed by atoms with Crippen LogP contribution in [0.2, 0.25) is 0 Å². The largest absolute Gasteiger partial charge is 0.309 e. The summed E-state index contributed by atoms with van der Waals surface area (Å²) >= 11 is 0. The van der Waals surface area contributed by atoms with Gasteiger partial charge in [-0.1, -0.05) is 36.4 Å². The third kappa shape index (κ3) is 2.16. The van der Waals surface area contributed by atoms with E-state index in [9.17, 15) is 0 Å². The molecule has 0 aliphatic carbocycles. The molecule has 0 radical (unpaired) electrons. The van der Waals surface area contributed by atoms with Crippen LogP contribution in [0.3, 0.4) is 0 Å². The molecule has 0 N–H and O–H groups in total.